The van der Waals surface area contributed by atoms with Crippen LogP contribution in [0.25, 0.3) is 5.69 Å². The van der Waals surface area contributed by atoms with Crippen LogP contribution in [0.15, 0.2) is 102 Å². The van der Waals surface area contributed by atoms with Crippen molar-refractivity contribution in [1.82, 2.24) is 20.1 Å². The molecule has 5 rings (SSSR count). The van der Waals surface area contributed by atoms with Crippen LogP contribution in [0.2, 0.25) is 10.0 Å². The van der Waals surface area contributed by atoms with Crippen molar-refractivity contribution in [3.8, 4) is 5.69 Å². The molecule has 5 aromatic rings. The van der Waals surface area contributed by atoms with Gasteiger partial charge >= 0.3 is 0 Å². The van der Waals surface area contributed by atoms with E-state index < -0.39 is 6.04 Å². The molecule has 0 saturated heterocycles. The summed E-state index contributed by atoms with van der Waals surface area (Å²) in [5, 5.41) is 13.7. The SMILES string of the molecule is Cc1ccc(C(=O)NC(Cc2ccccc2)c2nnc(SCc3ccc(F)cc3)n2-c2ccc(Cl)cc2Cl)cc1. The lowest BCUT2D eigenvalue weighted by molar-refractivity contribution is 0.0934. The Morgan fingerprint density at radius 2 is 1.65 bits per heavy atom. The van der Waals surface area contributed by atoms with Gasteiger partial charge in [-0.3, -0.25) is 9.36 Å². The van der Waals surface area contributed by atoms with E-state index in [-0.39, 0.29) is 11.7 Å². The van der Waals surface area contributed by atoms with Crippen LogP contribution in [0.4, 0.5) is 4.39 Å². The van der Waals surface area contributed by atoms with Crippen LogP contribution in [0.1, 0.15) is 38.9 Å². The van der Waals surface area contributed by atoms with Crippen molar-refractivity contribution in [2.45, 2.75) is 30.3 Å². The number of halogens is 3. The zero-order valence-corrected chi connectivity index (χ0v) is 23.8. The first kappa shape index (κ1) is 27.9. The first-order chi connectivity index (χ1) is 19.4. The van der Waals surface area contributed by atoms with E-state index in [9.17, 15) is 9.18 Å². The first-order valence-electron chi connectivity index (χ1n) is 12.6. The lowest BCUT2D eigenvalue weighted by Crippen LogP contribution is -2.32. The highest BCUT2D eigenvalue weighted by Crippen LogP contribution is 2.33. The standard InChI is InChI=1S/C31H25Cl2FN4OS/c1-20-7-11-23(12-8-20)30(39)35-27(17-21-5-3-2-4-6-21)29-36-37-31(40-19-22-9-14-25(34)15-10-22)38(29)28-16-13-24(32)18-26(28)33/h2-16,18,27H,17,19H2,1H3,(H,35,39). The predicted octanol–water partition coefficient (Wildman–Crippen LogP) is 8.03. The van der Waals surface area contributed by atoms with Gasteiger partial charge in [-0.25, -0.2) is 4.39 Å². The van der Waals surface area contributed by atoms with Crippen molar-refractivity contribution in [3.63, 3.8) is 0 Å². The molecule has 0 spiro atoms. The molecular formula is C31H25Cl2FN4OS. The number of thioether (sulfide) groups is 1. The van der Waals surface area contributed by atoms with E-state index in [0.29, 0.717) is 44.5 Å². The van der Waals surface area contributed by atoms with Crippen molar-refractivity contribution >= 4 is 40.9 Å². The molecule has 202 valence electrons. The number of benzene rings is 4. The predicted molar refractivity (Wildman–Crippen MR) is 159 cm³/mol. The molecule has 1 aromatic heterocycles. The van der Waals surface area contributed by atoms with Gasteiger partial charge in [-0.2, -0.15) is 0 Å². The molecule has 0 aliphatic rings. The maximum absolute atomic E-state index is 13.4. The van der Waals surface area contributed by atoms with Crippen LogP contribution >= 0.6 is 35.0 Å². The Hall–Kier alpha value is -3.65. The number of rotatable bonds is 9. The minimum absolute atomic E-state index is 0.224. The van der Waals surface area contributed by atoms with Crippen molar-refractivity contribution in [3.05, 3.63) is 141 Å². The molecule has 0 aliphatic carbocycles. The van der Waals surface area contributed by atoms with Crippen molar-refractivity contribution in [2.24, 2.45) is 0 Å². The summed E-state index contributed by atoms with van der Waals surface area (Å²) in [6.45, 7) is 1.98. The summed E-state index contributed by atoms with van der Waals surface area (Å²) in [6, 6.07) is 28.3. The topological polar surface area (TPSA) is 59.8 Å². The minimum atomic E-state index is -0.532. The molecule has 1 heterocycles. The summed E-state index contributed by atoms with van der Waals surface area (Å²) < 4.78 is 15.3. The van der Waals surface area contributed by atoms with Crippen LogP contribution in [-0.4, -0.2) is 20.7 Å². The second-order valence-corrected chi connectivity index (χ2v) is 11.1. The van der Waals surface area contributed by atoms with E-state index in [1.165, 1.54) is 23.9 Å². The number of carbonyl (C=O) groups is 1. The normalized spacial score (nSPS) is 11.8. The summed E-state index contributed by atoms with van der Waals surface area (Å²) in [6.07, 6.45) is 0.477. The Morgan fingerprint density at radius 3 is 2.35 bits per heavy atom. The van der Waals surface area contributed by atoms with Crippen LogP contribution in [0, 0.1) is 12.7 Å². The van der Waals surface area contributed by atoms with Gasteiger partial charge in [0.2, 0.25) is 0 Å². The Morgan fingerprint density at radius 1 is 0.925 bits per heavy atom. The molecule has 0 aliphatic heterocycles. The van der Waals surface area contributed by atoms with E-state index in [4.69, 9.17) is 23.2 Å². The smallest absolute Gasteiger partial charge is 0.251 e. The fourth-order valence-corrected chi connectivity index (χ4v) is 5.62. The van der Waals surface area contributed by atoms with Gasteiger partial charge in [0.15, 0.2) is 11.0 Å². The Bertz CT molecular complexity index is 1610. The Kier molecular flexibility index (Phi) is 8.85. The highest BCUT2D eigenvalue weighted by Gasteiger charge is 2.26. The Balaban J connectivity index is 1.56. The molecule has 0 radical (unpaired) electrons. The molecule has 1 atom stereocenters. The van der Waals surface area contributed by atoms with E-state index in [2.05, 4.69) is 15.5 Å². The maximum atomic E-state index is 13.4. The van der Waals surface area contributed by atoms with E-state index in [0.717, 1.165) is 16.7 Å². The largest absolute Gasteiger partial charge is 0.342 e. The van der Waals surface area contributed by atoms with Gasteiger partial charge in [0.05, 0.1) is 16.8 Å². The summed E-state index contributed by atoms with van der Waals surface area (Å²) in [5.41, 5.74) is 4.20. The number of nitrogens with zero attached hydrogens (tertiary/aromatic N) is 3. The van der Waals surface area contributed by atoms with Crippen LogP contribution in [0.5, 0.6) is 0 Å². The summed E-state index contributed by atoms with van der Waals surface area (Å²) in [5.74, 6) is 0.538. The maximum Gasteiger partial charge on any atom is 0.251 e. The van der Waals surface area contributed by atoms with Gasteiger partial charge in [0.1, 0.15) is 5.82 Å². The lowest BCUT2D eigenvalue weighted by atomic mass is 10.0. The fourth-order valence-electron chi connectivity index (χ4n) is 4.22. The van der Waals surface area contributed by atoms with E-state index in [1.807, 2.05) is 54.0 Å². The minimum Gasteiger partial charge on any atom is -0.342 e. The second-order valence-electron chi connectivity index (χ2n) is 9.27. The molecule has 1 unspecified atom stereocenters. The molecule has 9 heteroatoms. The third-order valence-electron chi connectivity index (χ3n) is 6.30. The molecule has 40 heavy (non-hydrogen) atoms. The lowest BCUT2D eigenvalue weighted by Gasteiger charge is -2.21. The molecule has 1 amide bonds. The van der Waals surface area contributed by atoms with Gasteiger partial charge in [-0.15, -0.1) is 10.2 Å². The van der Waals surface area contributed by atoms with Gasteiger partial charge in [0.25, 0.3) is 5.91 Å². The quantitative estimate of drug-likeness (QED) is 0.176. The van der Waals surface area contributed by atoms with Gasteiger partial charge in [-0.1, -0.05) is 95.1 Å². The number of hydrogen-bond acceptors (Lipinski definition) is 4. The Labute approximate surface area is 246 Å². The number of aromatic nitrogens is 3. The monoisotopic (exact) mass is 590 g/mol. The highest BCUT2D eigenvalue weighted by atomic mass is 35.5. The first-order valence-corrected chi connectivity index (χ1v) is 14.3. The molecule has 0 bridgehead atoms. The molecule has 0 saturated carbocycles. The number of hydrogen-bond donors (Lipinski definition) is 1. The molecule has 0 fully saturated rings. The zero-order valence-electron chi connectivity index (χ0n) is 21.5. The molecule has 1 N–H and O–H groups in total. The number of carbonyl (C=O) groups excluding carboxylic acids is 1. The zero-order chi connectivity index (χ0) is 28.1. The summed E-state index contributed by atoms with van der Waals surface area (Å²) >= 11 is 14.3. The van der Waals surface area contributed by atoms with Crippen LogP contribution in [-0.2, 0) is 12.2 Å². The second kappa shape index (κ2) is 12.7. The van der Waals surface area contributed by atoms with Gasteiger partial charge in [0, 0.05) is 16.3 Å². The molecule has 5 nitrogen and oxygen atoms in total. The van der Waals surface area contributed by atoms with Crippen LogP contribution < -0.4 is 5.32 Å². The summed E-state index contributed by atoms with van der Waals surface area (Å²) in [4.78, 5) is 13.4. The average molecular weight is 592 g/mol. The van der Waals surface area contributed by atoms with Crippen molar-refractivity contribution in [1.29, 1.82) is 0 Å². The third kappa shape index (κ3) is 6.73. The fraction of sp³-hybridized carbons (Fsp3) is 0.129. The van der Waals surface area contributed by atoms with Gasteiger partial charge in [-0.05, 0) is 66.9 Å². The van der Waals surface area contributed by atoms with Crippen molar-refractivity contribution in [2.75, 3.05) is 0 Å². The number of amides is 1. The van der Waals surface area contributed by atoms with Crippen molar-refractivity contribution < 1.29 is 9.18 Å². The van der Waals surface area contributed by atoms with E-state index >= 15 is 0 Å². The third-order valence-corrected chi connectivity index (χ3v) is 7.84. The number of aryl methyl sites for hydroxylation is 1. The molecular weight excluding hydrogens is 566 g/mol. The highest BCUT2D eigenvalue weighted by molar-refractivity contribution is 7.98. The summed E-state index contributed by atoms with van der Waals surface area (Å²) in [7, 11) is 0. The van der Waals surface area contributed by atoms with Gasteiger partial charge < -0.3 is 5.32 Å². The number of nitrogens with one attached hydrogen (secondary N) is 1. The van der Waals surface area contributed by atoms with Crippen LogP contribution in [0.3, 0.4) is 0 Å². The molecule has 4 aromatic carbocycles. The van der Waals surface area contributed by atoms with E-state index in [1.54, 1.807) is 42.5 Å². The average Bonchev–Trinajstić information content (AvgIpc) is 3.37.